The number of piperazine rings is 1. The minimum Gasteiger partial charge on any atom is -0.368 e. The molecule has 4 aromatic rings. The Balaban J connectivity index is 1.35. The van der Waals surface area contributed by atoms with Crippen LogP contribution in [0.15, 0.2) is 36.8 Å². The number of carbonyl (C=O) groups is 1. The van der Waals surface area contributed by atoms with Crippen molar-refractivity contribution in [2.75, 3.05) is 23.3 Å². The van der Waals surface area contributed by atoms with E-state index in [0.29, 0.717) is 34.5 Å². The Morgan fingerprint density at radius 2 is 1.97 bits per heavy atom. The number of rotatable bonds is 3. The zero-order valence-electron chi connectivity index (χ0n) is 18.0. The highest BCUT2D eigenvalue weighted by Crippen LogP contribution is 2.33. The molecule has 2 N–H and O–H groups in total. The second-order valence-corrected chi connectivity index (χ2v) is 8.88. The minimum atomic E-state index is -0.484. The van der Waals surface area contributed by atoms with E-state index in [4.69, 9.17) is 0 Å². The largest absolute Gasteiger partial charge is 0.368 e. The molecule has 2 atom stereocenters. The number of nitrogens with zero attached hydrogens (tertiary/aromatic N) is 5. The molecule has 3 aromatic heterocycles. The van der Waals surface area contributed by atoms with Crippen LogP contribution in [-0.2, 0) is 7.05 Å². The summed E-state index contributed by atoms with van der Waals surface area (Å²) in [5.41, 5.74) is 3.52. The van der Waals surface area contributed by atoms with E-state index in [9.17, 15) is 9.18 Å². The average Bonchev–Trinajstić information content (AvgIpc) is 3.42. The first-order valence-corrected chi connectivity index (χ1v) is 10.9. The fourth-order valence-corrected chi connectivity index (χ4v) is 5.10. The van der Waals surface area contributed by atoms with Crippen molar-refractivity contribution < 1.29 is 9.18 Å². The van der Waals surface area contributed by atoms with E-state index in [0.717, 1.165) is 24.2 Å². The molecule has 2 aliphatic heterocycles. The molecule has 164 valence electrons. The third kappa shape index (κ3) is 3.12. The number of anilines is 2. The number of fused-ring (bicyclic) bond motifs is 4. The van der Waals surface area contributed by atoms with E-state index < -0.39 is 5.82 Å². The van der Waals surface area contributed by atoms with Crippen LogP contribution in [0.4, 0.5) is 15.8 Å². The van der Waals surface area contributed by atoms with E-state index >= 15 is 0 Å². The number of aromatic nitrogens is 4. The van der Waals surface area contributed by atoms with Gasteiger partial charge in [0, 0.05) is 68.0 Å². The summed E-state index contributed by atoms with van der Waals surface area (Å²) in [6.45, 7) is 3.71. The molecular weight excluding hydrogens is 409 g/mol. The van der Waals surface area contributed by atoms with Crippen molar-refractivity contribution in [2.24, 2.45) is 7.05 Å². The van der Waals surface area contributed by atoms with Crippen molar-refractivity contribution in [2.45, 2.75) is 31.8 Å². The Morgan fingerprint density at radius 1 is 1.19 bits per heavy atom. The number of aryl methyl sites for hydroxylation is 2. The van der Waals surface area contributed by atoms with Gasteiger partial charge in [0.15, 0.2) is 11.5 Å². The predicted octanol–water partition coefficient (Wildman–Crippen LogP) is 2.86. The fourth-order valence-electron chi connectivity index (χ4n) is 5.10. The zero-order valence-corrected chi connectivity index (χ0v) is 18.0. The molecule has 0 saturated carbocycles. The molecule has 2 fully saturated rings. The first-order chi connectivity index (χ1) is 15.4. The lowest BCUT2D eigenvalue weighted by Gasteiger charge is -2.35. The van der Waals surface area contributed by atoms with Crippen molar-refractivity contribution >= 4 is 33.8 Å². The quantitative estimate of drug-likeness (QED) is 0.520. The van der Waals surface area contributed by atoms with Crippen LogP contribution < -0.4 is 15.5 Å². The van der Waals surface area contributed by atoms with E-state index in [1.165, 1.54) is 18.9 Å². The van der Waals surface area contributed by atoms with Crippen molar-refractivity contribution in [1.82, 2.24) is 24.5 Å². The van der Waals surface area contributed by atoms with Crippen molar-refractivity contribution in [3.8, 4) is 0 Å². The number of benzene rings is 1. The predicted molar refractivity (Wildman–Crippen MR) is 121 cm³/mol. The van der Waals surface area contributed by atoms with Gasteiger partial charge >= 0.3 is 0 Å². The highest BCUT2D eigenvalue weighted by molar-refractivity contribution is 6.13. The minimum absolute atomic E-state index is 0.238. The second kappa shape index (κ2) is 7.03. The number of carbonyl (C=O) groups excluding carboxylic acids is 1. The first kappa shape index (κ1) is 19.2. The summed E-state index contributed by atoms with van der Waals surface area (Å²) in [5, 5.41) is 12.0. The monoisotopic (exact) mass is 433 g/mol. The lowest BCUT2D eigenvalue weighted by molar-refractivity contribution is 0.102. The molecule has 2 aliphatic rings. The Bertz CT molecular complexity index is 1360. The lowest BCUT2D eigenvalue weighted by atomic mass is 10.1. The van der Waals surface area contributed by atoms with Gasteiger partial charge in [0.1, 0.15) is 5.52 Å². The molecule has 0 aliphatic carbocycles. The Morgan fingerprint density at radius 3 is 2.75 bits per heavy atom. The Hall–Kier alpha value is -3.46. The van der Waals surface area contributed by atoms with Gasteiger partial charge in [0.2, 0.25) is 0 Å². The van der Waals surface area contributed by atoms with Gasteiger partial charge in [-0.2, -0.15) is 5.10 Å². The number of nitrogens with one attached hydrogen (secondary N) is 2. The van der Waals surface area contributed by atoms with Gasteiger partial charge in [0.25, 0.3) is 5.91 Å². The molecule has 1 aromatic carbocycles. The van der Waals surface area contributed by atoms with Crippen molar-refractivity contribution in [1.29, 1.82) is 0 Å². The van der Waals surface area contributed by atoms with Crippen LogP contribution in [-0.4, -0.2) is 50.2 Å². The van der Waals surface area contributed by atoms with Crippen molar-refractivity contribution in [3.63, 3.8) is 0 Å². The summed E-state index contributed by atoms with van der Waals surface area (Å²) in [4.78, 5) is 19.7. The van der Waals surface area contributed by atoms with E-state index in [1.54, 1.807) is 28.4 Å². The SMILES string of the molecule is Cc1cn2cc(NC(=O)c3ccc(N4C[C@H]5CC[C@@H](C4)N5)c4cn(C)nc34)cc(F)c2n1. The van der Waals surface area contributed by atoms with E-state index in [2.05, 4.69) is 25.6 Å². The van der Waals surface area contributed by atoms with Gasteiger partial charge in [-0.1, -0.05) is 0 Å². The van der Waals surface area contributed by atoms with Crippen LogP contribution in [0.3, 0.4) is 0 Å². The van der Waals surface area contributed by atoms with Crippen LogP contribution in [0.1, 0.15) is 28.9 Å². The number of hydrogen-bond donors (Lipinski definition) is 2. The molecule has 9 heteroatoms. The van der Waals surface area contributed by atoms with Crippen LogP contribution >= 0.6 is 0 Å². The van der Waals surface area contributed by atoms with E-state index in [1.807, 2.05) is 25.4 Å². The smallest absolute Gasteiger partial charge is 0.257 e. The molecule has 5 heterocycles. The highest BCUT2D eigenvalue weighted by atomic mass is 19.1. The number of amides is 1. The highest BCUT2D eigenvalue weighted by Gasteiger charge is 2.33. The average molecular weight is 433 g/mol. The molecule has 1 amide bonds. The first-order valence-electron chi connectivity index (χ1n) is 10.9. The number of imidazole rings is 1. The van der Waals surface area contributed by atoms with Gasteiger partial charge in [-0.25, -0.2) is 9.37 Å². The fraction of sp³-hybridized carbons (Fsp3) is 0.348. The normalized spacial score (nSPS) is 20.4. The van der Waals surface area contributed by atoms with Gasteiger partial charge in [0.05, 0.1) is 16.9 Å². The maximum absolute atomic E-state index is 14.4. The standard InChI is InChI=1S/C23H24FN7O/c1-13-8-31-11-16(7-19(24)22(31)25-13)27-23(32)17-5-6-20(18-12-29(2)28-21(17)18)30-9-14-3-4-15(10-30)26-14/h5-8,11-12,14-15,26H,3-4,9-10H2,1-2H3,(H,27,32)/t14-,15+. The second-order valence-electron chi connectivity index (χ2n) is 8.88. The molecule has 2 bridgehead atoms. The van der Waals surface area contributed by atoms with Crippen LogP contribution in [0.2, 0.25) is 0 Å². The third-order valence-corrected chi connectivity index (χ3v) is 6.45. The molecule has 32 heavy (non-hydrogen) atoms. The molecule has 2 saturated heterocycles. The van der Waals surface area contributed by atoms with Crippen molar-refractivity contribution in [3.05, 3.63) is 53.9 Å². The van der Waals surface area contributed by atoms with Gasteiger partial charge < -0.3 is 19.9 Å². The number of hydrogen-bond acceptors (Lipinski definition) is 5. The van der Waals surface area contributed by atoms with Crippen LogP contribution in [0, 0.1) is 12.7 Å². The third-order valence-electron chi connectivity index (χ3n) is 6.45. The molecule has 8 nitrogen and oxygen atoms in total. The topological polar surface area (TPSA) is 79.5 Å². The molecule has 0 unspecified atom stereocenters. The summed E-state index contributed by atoms with van der Waals surface area (Å²) in [6, 6.07) is 6.15. The summed E-state index contributed by atoms with van der Waals surface area (Å²) in [6.07, 6.45) is 7.76. The molecular formula is C23H24FN7O. The summed E-state index contributed by atoms with van der Waals surface area (Å²) < 4.78 is 17.8. The Kier molecular flexibility index (Phi) is 4.23. The zero-order chi connectivity index (χ0) is 22.0. The maximum atomic E-state index is 14.4. The molecule has 6 rings (SSSR count). The van der Waals surface area contributed by atoms with E-state index in [-0.39, 0.29) is 11.6 Å². The van der Waals surface area contributed by atoms with Crippen LogP contribution in [0.25, 0.3) is 16.6 Å². The maximum Gasteiger partial charge on any atom is 0.257 e. The van der Waals surface area contributed by atoms with Gasteiger partial charge in [-0.05, 0) is 31.9 Å². The molecule has 0 spiro atoms. The van der Waals surface area contributed by atoms with Gasteiger partial charge in [-0.3, -0.25) is 9.48 Å². The van der Waals surface area contributed by atoms with Crippen LogP contribution in [0.5, 0.6) is 0 Å². The molecule has 0 radical (unpaired) electrons. The lowest BCUT2D eigenvalue weighted by Crippen LogP contribution is -2.51. The van der Waals surface area contributed by atoms with Gasteiger partial charge in [-0.15, -0.1) is 0 Å². The summed E-state index contributed by atoms with van der Waals surface area (Å²) >= 11 is 0. The number of halogens is 1. The Labute approximate surface area is 184 Å². The number of pyridine rings is 1. The summed E-state index contributed by atoms with van der Waals surface area (Å²) in [5.74, 6) is -0.807. The summed E-state index contributed by atoms with van der Waals surface area (Å²) in [7, 11) is 1.86.